The van der Waals surface area contributed by atoms with Gasteiger partial charge in [-0.25, -0.2) is 0 Å². The SMILES string of the molecule is CCCNC(=O)C(C)Nc1nnc(C(C)NCC)o1. The van der Waals surface area contributed by atoms with Crippen molar-refractivity contribution in [3.05, 3.63) is 5.89 Å². The molecule has 0 aromatic carbocycles. The van der Waals surface area contributed by atoms with Gasteiger partial charge in [-0.2, -0.15) is 0 Å². The van der Waals surface area contributed by atoms with Crippen LogP contribution < -0.4 is 16.0 Å². The minimum Gasteiger partial charge on any atom is -0.406 e. The number of carbonyl (C=O) groups excluding carboxylic acids is 1. The molecule has 0 spiro atoms. The largest absolute Gasteiger partial charge is 0.406 e. The third kappa shape index (κ3) is 4.86. The number of hydrogen-bond acceptors (Lipinski definition) is 6. The minimum atomic E-state index is -0.408. The number of amides is 1. The van der Waals surface area contributed by atoms with Crippen LogP contribution in [0.4, 0.5) is 6.01 Å². The summed E-state index contributed by atoms with van der Waals surface area (Å²) >= 11 is 0. The van der Waals surface area contributed by atoms with Gasteiger partial charge in [-0.1, -0.05) is 18.9 Å². The fourth-order valence-electron chi connectivity index (χ4n) is 1.51. The van der Waals surface area contributed by atoms with Crippen molar-refractivity contribution in [1.82, 2.24) is 20.8 Å². The van der Waals surface area contributed by atoms with Gasteiger partial charge in [0.05, 0.1) is 6.04 Å². The van der Waals surface area contributed by atoms with E-state index in [4.69, 9.17) is 4.42 Å². The van der Waals surface area contributed by atoms with Crippen molar-refractivity contribution >= 4 is 11.9 Å². The molecule has 1 aromatic heterocycles. The van der Waals surface area contributed by atoms with Crippen LogP contribution in [0.1, 0.15) is 46.0 Å². The Balaban J connectivity index is 2.51. The van der Waals surface area contributed by atoms with Gasteiger partial charge >= 0.3 is 6.01 Å². The Kier molecular flexibility index (Phi) is 6.27. The zero-order valence-electron chi connectivity index (χ0n) is 12.0. The Morgan fingerprint density at radius 3 is 2.68 bits per heavy atom. The van der Waals surface area contributed by atoms with Crippen LogP contribution in [0.15, 0.2) is 4.42 Å². The first-order valence-electron chi connectivity index (χ1n) is 6.69. The number of nitrogens with zero attached hydrogens (tertiary/aromatic N) is 2. The summed E-state index contributed by atoms with van der Waals surface area (Å²) in [4.78, 5) is 11.7. The van der Waals surface area contributed by atoms with Crippen molar-refractivity contribution in [2.45, 2.75) is 46.2 Å². The number of nitrogens with one attached hydrogen (secondary N) is 3. The molecule has 7 heteroatoms. The van der Waals surface area contributed by atoms with Crippen LogP contribution in [0.3, 0.4) is 0 Å². The molecule has 3 N–H and O–H groups in total. The molecule has 19 heavy (non-hydrogen) atoms. The summed E-state index contributed by atoms with van der Waals surface area (Å²) in [7, 11) is 0. The molecule has 0 aliphatic carbocycles. The quantitative estimate of drug-likeness (QED) is 0.653. The molecule has 108 valence electrons. The van der Waals surface area contributed by atoms with Gasteiger partial charge in [0.15, 0.2) is 0 Å². The molecular weight excluding hydrogens is 246 g/mol. The summed E-state index contributed by atoms with van der Waals surface area (Å²) in [6, 6.07) is -0.148. The van der Waals surface area contributed by atoms with Crippen molar-refractivity contribution < 1.29 is 9.21 Å². The van der Waals surface area contributed by atoms with E-state index in [1.54, 1.807) is 6.92 Å². The zero-order chi connectivity index (χ0) is 14.3. The van der Waals surface area contributed by atoms with Crippen molar-refractivity contribution in [3.8, 4) is 0 Å². The maximum Gasteiger partial charge on any atom is 0.316 e. The fraction of sp³-hybridized carbons (Fsp3) is 0.750. The number of aromatic nitrogens is 2. The van der Waals surface area contributed by atoms with E-state index in [1.165, 1.54) is 0 Å². The van der Waals surface area contributed by atoms with Crippen LogP contribution >= 0.6 is 0 Å². The zero-order valence-corrected chi connectivity index (χ0v) is 12.0. The van der Waals surface area contributed by atoms with E-state index in [2.05, 4.69) is 26.1 Å². The van der Waals surface area contributed by atoms with E-state index in [1.807, 2.05) is 20.8 Å². The third-order valence-electron chi connectivity index (χ3n) is 2.60. The Hall–Kier alpha value is -1.63. The Bertz CT molecular complexity index is 393. The lowest BCUT2D eigenvalue weighted by molar-refractivity contribution is -0.121. The Morgan fingerprint density at radius 1 is 1.32 bits per heavy atom. The number of anilines is 1. The van der Waals surface area contributed by atoms with Crippen LogP contribution in [-0.4, -0.2) is 35.2 Å². The molecular formula is C12H23N5O2. The van der Waals surface area contributed by atoms with Gasteiger partial charge in [0, 0.05) is 6.54 Å². The molecule has 0 saturated carbocycles. The van der Waals surface area contributed by atoms with Crippen LogP contribution in [0.2, 0.25) is 0 Å². The van der Waals surface area contributed by atoms with Gasteiger partial charge in [-0.15, -0.1) is 5.10 Å². The maximum absolute atomic E-state index is 11.7. The van der Waals surface area contributed by atoms with Crippen LogP contribution in [0.5, 0.6) is 0 Å². The second-order valence-corrected chi connectivity index (χ2v) is 4.38. The number of hydrogen-bond donors (Lipinski definition) is 3. The molecule has 0 bridgehead atoms. The van der Waals surface area contributed by atoms with Crippen molar-refractivity contribution in [2.24, 2.45) is 0 Å². The van der Waals surface area contributed by atoms with Crippen LogP contribution in [0.25, 0.3) is 0 Å². The average Bonchev–Trinajstić information content (AvgIpc) is 2.84. The van der Waals surface area contributed by atoms with Gasteiger partial charge in [0.1, 0.15) is 6.04 Å². The molecule has 1 amide bonds. The molecule has 2 unspecified atom stereocenters. The van der Waals surface area contributed by atoms with Crippen molar-refractivity contribution in [2.75, 3.05) is 18.4 Å². The molecule has 7 nitrogen and oxygen atoms in total. The summed E-state index contributed by atoms with van der Waals surface area (Å²) < 4.78 is 5.45. The molecule has 1 aromatic rings. The highest BCUT2D eigenvalue weighted by Crippen LogP contribution is 2.13. The standard InChI is InChI=1S/C12H23N5O2/c1-5-7-14-10(18)8(3)15-12-17-16-11(19-12)9(4)13-6-2/h8-9,13H,5-7H2,1-4H3,(H,14,18)(H,15,17). The maximum atomic E-state index is 11.7. The summed E-state index contributed by atoms with van der Waals surface area (Å²) in [6.45, 7) is 9.19. The second-order valence-electron chi connectivity index (χ2n) is 4.38. The molecule has 0 aliphatic heterocycles. The van der Waals surface area contributed by atoms with Gasteiger partial charge in [0.2, 0.25) is 11.8 Å². The summed E-state index contributed by atoms with van der Waals surface area (Å²) in [6.07, 6.45) is 0.906. The van der Waals surface area contributed by atoms with E-state index in [0.29, 0.717) is 12.4 Å². The molecule has 2 atom stereocenters. The number of rotatable bonds is 8. The molecule has 0 aliphatic rings. The van der Waals surface area contributed by atoms with Gasteiger partial charge in [-0.05, 0) is 26.8 Å². The predicted octanol–water partition coefficient (Wildman–Crippen LogP) is 1.07. The smallest absolute Gasteiger partial charge is 0.316 e. The molecule has 0 fully saturated rings. The molecule has 1 rings (SSSR count). The van der Waals surface area contributed by atoms with E-state index in [9.17, 15) is 4.79 Å². The lowest BCUT2D eigenvalue weighted by Gasteiger charge is -2.11. The Morgan fingerprint density at radius 2 is 2.05 bits per heavy atom. The van der Waals surface area contributed by atoms with E-state index >= 15 is 0 Å². The highest BCUT2D eigenvalue weighted by molar-refractivity contribution is 5.83. The summed E-state index contributed by atoms with van der Waals surface area (Å²) in [5, 5.41) is 16.7. The first kappa shape index (κ1) is 15.4. The van der Waals surface area contributed by atoms with Crippen molar-refractivity contribution in [3.63, 3.8) is 0 Å². The van der Waals surface area contributed by atoms with Gasteiger partial charge < -0.3 is 20.4 Å². The summed E-state index contributed by atoms with van der Waals surface area (Å²) in [5.41, 5.74) is 0. The first-order chi connectivity index (χ1) is 9.08. The lowest BCUT2D eigenvalue weighted by atomic mass is 10.3. The molecule has 0 saturated heterocycles. The fourth-order valence-corrected chi connectivity index (χ4v) is 1.51. The van der Waals surface area contributed by atoms with E-state index in [-0.39, 0.29) is 18.0 Å². The van der Waals surface area contributed by atoms with Gasteiger partial charge in [0.25, 0.3) is 0 Å². The Labute approximate surface area is 113 Å². The minimum absolute atomic E-state index is 0.00252. The number of carbonyl (C=O) groups is 1. The van der Waals surface area contributed by atoms with Crippen LogP contribution in [0, 0.1) is 0 Å². The highest BCUT2D eigenvalue weighted by Gasteiger charge is 2.17. The summed E-state index contributed by atoms with van der Waals surface area (Å²) in [5.74, 6) is 0.423. The van der Waals surface area contributed by atoms with Crippen LogP contribution in [-0.2, 0) is 4.79 Å². The third-order valence-corrected chi connectivity index (χ3v) is 2.60. The normalized spacial score (nSPS) is 13.9. The second kappa shape index (κ2) is 7.73. The van der Waals surface area contributed by atoms with E-state index < -0.39 is 6.04 Å². The molecule has 1 heterocycles. The topological polar surface area (TPSA) is 92.1 Å². The predicted molar refractivity (Wildman–Crippen MR) is 72.8 cm³/mol. The molecule has 0 radical (unpaired) electrons. The average molecular weight is 269 g/mol. The lowest BCUT2D eigenvalue weighted by Crippen LogP contribution is -2.37. The highest BCUT2D eigenvalue weighted by atomic mass is 16.4. The first-order valence-corrected chi connectivity index (χ1v) is 6.69. The monoisotopic (exact) mass is 269 g/mol. The van der Waals surface area contributed by atoms with E-state index in [0.717, 1.165) is 13.0 Å². The van der Waals surface area contributed by atoms with Gasteiger partial charge in [-0.3, -0.25) is 4.79 Å². The van der Waals surface area contributed by atoms with Crippen molar-refractivity contribution in [1.29, 1.82) is 0 Å².